The SMILES string of the molecule is C[C@@H](N)CC#Cc1cnc2c(N)ccnn12.Cl.Cl.Cl. The van der Waals surface area contributed by atoms with E-state index in [4.69, 9.17) is 11.5 Å². The molecule has 0 aliphatic rings. The molecule has 0 unspecified atom stereocenters. The number of hydrogen-bond donors (Lipinski definition) is 2. The van der Waals surface area contributed by atoms with Crippen LogP contribution in [-0.4, -0.2) is 20.6 Å². The zero-order valence-corrected chi connectivity index (χ0v) is 12.7. The zero-order valence-electron chi connectivity index (χ0n) is 10.2. The van der Waals surface area contributed by atoms with Crippen LogP contribution in [0.25, 0.3) is 5.65 Å². The minimum absolute atomic E-state index is 0. The summed E-state index contributed by atoms with van der Waals surface area (Å²) in [6, 6.07) is 1.78. The Hall–Kier alpha value is -1.19. The summed E-state index contributed by atoms with van der Waals surface area (Å²) in [6.45, 7) is 1.92. The molecule has 2 aromatic heterocycles. The van der Waals surface area contributed by atoms with E-state index in [9.17, 15) is 0 Å². The predicted molar refractivity (Wildman–Crippen MR) is 84.3 cm³/mol. The smallest absolute Gasteiger partial charge is 0.178 e. The lowest BCUT2D eigenvalue weighted by Gasteiger charge is -1.96. The number of anilines is 1. The summed E-state index contributed by atoms with van der Waals surface area (Å²) in [5.74, 6) is 5.96. The van der Waals surface area contributed by atoms with Crippen LogP contribution in [0, 0.1) is 11.8 Å². The van der Waals surface area contributed by atoms with E-state index >= 15 is 0 Å². The number of fused-ring (bicyclic) bond motifs is 1. The van der Waals surface area contributed by atoms with Gasteiger partial charge in [-0.15, -0.1) is 37.2 Å². The van der Waals surface area contributed by atoms with Crippen LogP contribution < -0.4 is 11.5 Å². The van der Waals surface area contributed by atoms with E-state index in [1.165, 1.54) is 0 Å². The molecule has 2 rings (SSSR count). The van der Waals surface area contributed by atoms with Gasteiger partial charge < -0.3 is 11.5 Å². The first-order valence-electron chi connectivity index (χ1n) is 5.01. The quantitative estimate of drug-likeness (QED) is 0.782. The molecule has 2 heterocycles. The van der Waals surface area contributed by atoms with Gasteiger partial charge in [0.05, 0.1) is 18.1 Å². The standard InChI is InChI=1S/C11H13N5.3ClH/c1-8(12)3-2-4-9-7-14-11-10(13)5-6-15-16(9)11;;;/h5-8H,3,12-13H2,1H3;3*1H/t8-;;;/m1.../s1. The zero-order chi connectivity index (χ0) is 11.5. The van der Waals surface area contributed by atoms with Gasteiger partial charge in [0.15, 0.2) is 5.65 Å². The van der Waals surface area contributed by atoms with Crippen molar-refractivity contribution in [3.63, 3.8) is 0 Å². The summed E-state index contributed by atoms with van der Waals surface area (Å²) in [4.78, 5) is 4.16. The molecule has 0 spiro atoms. The number of nitrogens with zero attached hydrogens (tertiary/aromatic N) is 3. The Morgan fingerprint density at radius 3 is 2.68 bits per heavy atom. The fourth-order valence-corrected chi connectivity index (χ4v) is 1.30. The third-order valence-electron chi connectivity index (χ3n) is 2.07. The third-order valence-corrected chi connectivity index (χ3v) is 2.07. The largest absolute Gasteiger partial charge is 0.396 e. The maximum absolute atomic E-state index is 5.75. The summed E-state index contributed by atoms with van der Waals surface area (Å²) >= 11 is 0. The van der Waals surface area contributed by atoms with Crippen LogP contribution in [-0.2, 0) is 0 Å². The average Bonchev–Trinajstić information content (AvgIpc) is 2.63. The van der Waals surface area contributed by atoms with Crippen molar-refractivity contribution in [2.45, 2.75) is 19.4 Å². The summed E-state index contributed by atoms with van der Waals surface area (Å²) in [7, 11) is 0. The summed E-state index contributed by atoms with van der Waals surface area (Å²) in [6.07, 6.45) is 3.93. The molecular weight excluding hydrogens is 309 g/mol. The van der Waals surface area contributed by atoms with E-state index in [1.807, 2.05) is 6.92 Å². The summed E-state index contributed by atoms with van der Waals surface area (Å²) in [5.41, 5.74) is 13.3. The Balaban J connectivity index is 0. The summed E-state index contributed by atoms with van der Waals surface area (Å²) in [5, 5.41) is 4.14. The molecule has 0 aromatic carbocycles. The molecule has 0 bridgehead atoms. The van der Waals surface area contributed by atoms with E-state index in [0.717, 1.165) is 5.69 Å². The molecule has 0 aliphatic heterocycles. The van der Waals surface area contributed by atoms with E-state index in [0.29, 0.717) is 17.8 Å². The topological polar surface area (TPSA) is 82.2 Å². The number of aromatic nitrogens is 3. The van der Waals surface area contributed by atoms with Crippen molar-refractivity contribution in [1.82, 2.24) is 14.6 Å². The Labute approximate surface area is 130 Å². The predicted octanol–water partition coefficient (Wildman–Crippen LogP) is 1.67. The highest BCUT2D eigenvalue weighted by Crippen LogP contribution is 2.10. The van der Waals surface area contributed by atoms with Crippen molar-refractivity contribution < 1.29 is 0 Å². The van der Waals surface area contributed by atoms with Gasteiger partial charge in [0.25, 0.3) is 0 Å². The number of nitrogens with two attached hydrogens (primary N) is 2. The van der Waals surface area contributed by atoms with E-state index in [1.54, 1.807) is 23.0 Å². The monoisotopic (exact) mass is 323 g/mol. The van der Waals surface area contributed by atoms with Gasteiger partial charge in [0, 0.05) is 12.5 Å². The third kappa shape index (κ3) is 4.77. The van der Waals surface area contributed by atoms with Crippen LogP contribution in [0.3, 0.4) is 0 Å². The molecule has 0 saturated carbocycles. The minimum Gasteiger partial charge on any atom is -0.396 e. The second-order valence-corrected chi connectivity index (χ2v) is 3.65. The second-order valence-electron chi connectivity index (χ2n) is 3.65. The van der Waals surface area contributed by atoms with Gasteiger partial charge in [0.2, 0.25) is 0 Å². The lowest BCUT2D eigenvalue weighted by molar-refractivity contribution is 0.770. The fraction of sp³-hybridized carbons (Fsp3) is 0.273. The van der Waals surface area contributed by atoms with E-state index in [2.05, 4.69) is 21.9 Å². The van der Waals surface area contributed by atoms with Crippen molar-refractivity contribution in [1.29, 1.82) is 0 Å². The Kier molecular flexibility index (Phi) is 9.36. The van der Waals surface area contributed by atoms with Crippen molar-refractivity contribution in [3.05, 3.63) is 24.2 Å². The molecule has 0 aliphatic carbocycles. The molecule has 5 nitrogen and oxygen atoms in total. The van der Waals surface area contributed by atoms with Crippen molar-refractivity contribution >= 4 is 48.6 Å². The van der Waals surface area contributed by atoms with Crippen LogP contribution in [0.4, 0.5) is 5.69 Å². The number of nitrogen functional groups attached to an aromatic ring is 1. The number of halogens is 3. The highest BCUT2D eigenvalue weighted by molar-refractivity contribution is 5.86. The average molecular weight is 325 g/mol. The highest BCUT2D eigenvalue weighted by atomic mass is 35.5. The number of hydrogen-bond acceptors (Lipinski definition) is 4. The van der Waals surface area contributed by atoms with Crippen LogP contribution >= 0.6 is 37.2 Å². The summed E-state index contributed by atoms with van der Waals surface area (Å²) < 4.78 is 1.63. The van der Waals surface area contributed by atoms with Gasteiger partial charge >= 0.3 is 0 Å². The number of rotatable bonds is 1. The molecule has 0 saturated heterocycles. The molecule has 19 heavy (non-hydrogen) atoms. The van der Waals surface area contributed by atoms with Crippen LogP contribution in [0.1, 0.15) is 19.0 Å². The molecule has 106 valence electrons. The first kappa shape index (κ1) is 20.1. The Morgan fingerprint density at radius 1 is 1.37 bits per heavy atom. The van der Waals surface area contributed by atoms with Gasteiger partial charge in [-0.1, -0.05) is 5.92 Å². The second kappa shape index (κ2) is 8.83. The maximum atomic E-state index is 5.75. The van der Waals surface area contributed by atoms with Gasteiger partial charge in [-0.2, -0.15) is 5.10 Å². The highest BCUT2D eigenvalue weighted by Gasteiger charge is 2.03. The van der Waals surface area contributed by atoms with Crippen molar-refractivity contribution in [2.24, 2.45) is 5.73 Å². The van der Waals surface area contributed by atoms with Crippen molar-refractivity contribution in [2.75, 3.05) is 5.73 Å². The van der Waals surface area contributed by atoms with Crippen LogP contribution in [0.15, 0.2) is 18.5 Å². The van der Waals surface area contributed by atoms with E-state index < -0.39 is 0 Å². The molecule has 8 heteroatoms. The molecule has 0 radical (unpaired) electrons. The van der Waals surface area contributed by atoms with Crippen LogP contribution in [0.2, 0.25) is 0 Å². The Morgan fingerprint density at radius 2 is 2.05 bits per heavy atom. The van der Waals surface area contributed by atoms with Gasteiger partial charge in [-0.05, 0) is 18.9 Å². The molecular formula is C11H16Cl3N5. The van der Waals surface area contributed by atoms with Gasteiger partial charge in [-0.3, -0.25) is 0 Å². The fourth-order valence-electron chi connectivity index (χ4n) is 1.30. The number of imidazole rings is 1. The first-order valence-corrected chi connectivity index (χ1v) is 5.01. The van der Waals surface area contributed by atoms with Gasteiger partial charge in [0.1, 0.15) is 5.69 Å². The molecule has 0 fully saturated rings. The van der Waals surface area contributed by atoms with Crippen molar-refractivity contribution in [3.8, 4) is 11.8 Å². The molecule has 0 amide bonds. The molecule has 1 atom stereocenters. The lowest BCUT2D eigenvalue weighted by atomic mass is 10.2. The van der Waals surface area contributed by atoms with Gasteiger partial charge in [-0.25, -0.2) is 9.50 Å². The first-order chi connectivity index (χ1) is 7.68. The lowest BCUT2D eigenvalue weighted by Crippen LogP contribution is -2.12. The Bertz CT molecular complexity index is 570. The minimum atomic E-state index is 0. The maximum Gasteiger partial charge on any atom is 0.178 e. The van der Waals surface area contributed by atoms with Crippen LogP contribution in [0.5, 0.6) is 0 Å². The molecule has 4 N–H and O–H groups in total. The van der Waals surface area contributed by atoms with E-state index in [-0.39, 0.29) is 43.3 Å². The normalized spacial score (nSPS) is 10.2. The molecule has 2 aromatic rings.